The molecular weight excluding hydrogens is 408 g/mol. The van der Waals surface area contributed by atoms with Gasteiger partial charge in [0.05, 0.1) is 6.04 Å². The first-order valence-electron chi connectivity index (χ1n) is 8.07. The van der Waals surface area contributed by atoms with Gasteiger partial charge in [-0.25, -0.2) is 19.4 Å². The monoisotopic (exact) mass is 430 g/mol. The van der Waals surface area contributed by atoms with Crippen molar-refractivity contribution in [1.82, 2.24) is 25.5 Å². The Bertz CT molecular complexity index is 569. The van der Waals surface area contributed by atoms with Crippen molar-refractivity contribution in [3.05, 3.63) is 0 Å². The van der Waals surface area contributed by atoms with Gasteiger partial charge in [0.15, 0.2) is 16.0 Å². The topological polar surface area (TPSA) is 143 Å². The number of likely N-dealkylation sites (tertiary alicyclic amines) is 1. The third-order valence-electron chi connectivity index (χ3n) is 2.97. The van der Waals surface area contributed by atoms with Crippen LogP contribution in [0.2, 0.25) is 0 Å². The van der Waals surface area contributed by atoms with E-state index in [1.54, 1.807) is 20.8 Å². The zero-order chi connectivity index (χ0) is 21.2. The Labute approximate surface area is 169 Å². The minimum atomic E-state index is -0.892. The van der Waals surface area contributed by atoms with Gasteiger partial charge in [0, 0.05) is 13.1 Å². The van der Waals surface area contributed by atoms with E-state index in [1.807, 2.05) is 0 Å². The first-order chi connectivity index (χ1) is 13.1. The second kappa shape index (κ2) is 12.1. The van der Waals surface area contributed by atoms with Crippen LogP contribution in [0.15, 0.2) is 4.99 Å². The van der Waals surface area contributed by atoms with Crippen LogP contribution >= 0.6 is 17.9 Å². The average Bonchev–Trinajstić information content (AvgIpc) is 3.05. The molecule has 1 aliphatic heterocycles. The lowest BCUT2D eigenvalue weighted by Crippen LogP contribution is -2.44. The molecule has 4 radical (unpaired) electrons. The Hall–Kier alpha value is -1.61. The van der Waals surface area contributed by atoms with Crippen molar-refractivity contribution in [1.29, 1.82) is 0 Å². The van der Waals surface area contributed by atoms with Crippen LogP contribution in [0.1, 0.15) is 27.2 Å². The Morgan fingerprint density at radius 2 is 1.61 bits per heavy atom. The molecule has 1 saturated heterocycles. The molecule has 0 aromatic carbocycles. The minimum Gasteiger partial charge on any atom is -0.444 e. The van der Waals surface area contributed by atoms with Crippen molar-refractivity contribution >= 4 is 58.1 Å². The number of carbonyl (C=O) groups excluding carboxylic acids is 3. The lowest BCUT2D eigenvalue weighted by atomic mass is 10.2. The molecule has 16 heteroatoms. The highest BCUT2D eigenvalue weighted by molar-refractivity contribution is 7.32. The molecule has 28 heavy (non-hydrogen) atoms. The Balaban J connectivity index is 2.73. The van der Waals surface area contributed by atoms with E-state index in [0.717, 1.165) is 0 Å². The molecule has 0 aliphatic carbocycles. The normalized spacial score (nSPS) is 17.0. The molecule has 0 aromatic heterocycles. The first kappa shape index (κ1) is 24.4. The summed E-state index contributed by atoms with van der Waals surface area (Å²) in [6, 6.07) is -0.381. The molecule has 1 aliphatic rings. The van der Waals surface area contributed by atoms with Gasteiger partial charge in [0.2, 0.25) is 5.96 Å². The van der Waals surface area contributed by atoms with Crippen molar-refractivity contribution < 1.29 is 28.2 Å². The summed E-state index contributed by atoms with van der Waals surface area (Å²) in [4.78, 5) is 45.6. The molecule has 0 saturated carbocycles. The van der Waals surface area contributed by atoms with Crippen LogP contribution in [0.25, 0.3) is 0 Å². The zero-order valence-corrected chi connectivity index (χ0v) is 17.7. The van der Waals surface area contributed by atoms with Gasteiger partial charge in [0.1, 0.15) is 23.5 Å². The predicted molar refractivity (Wildman–Crippen MR) is 107 cm³/mol. The maximum atomic E-state index is 12.1. The number of ether oxygens (including phenoxy) is 1. The van der Waals surface area contributed by atoms with Crippen LogP contribution in [0.5, 0.6) is 0 Å². The van der Waals surface area contributed by atoms with Crippen LogP contribution in [-0.4, -0.2) is 69.8 Å². The van der Waals surface area contributed by atoms with E-state index in [9.17, 15) is 14.4 Å². The van der Waals surface area contributed by atoms with Gasteiger partial charge in [-0.15, -0.1) is 0 Å². The number of hydrogen-bond donors (Lipinski definition) is 4. The van der Waals surface area contributed by atoms with Crippen LogP contribution in [0.4, 0.5) is 14.4 Å². The van der Waals surface area contributed by atoms with Crippen LogP contribution in [0, 0.1) is 0 Å². The molecule has 12 nitrogen and oxygen atoms in total. The second-order valence-corrected chi connectivity index (χ2v) is 7.76. The molecule has 0 aromatic rings. The number of aliphatic imine (C=N–C) groups is 1. The van der Waals surface area contributed by atoms with Gasteiger partial charge in [-0.3, -0.25) is 10.6 Å². The fourth-order valence-corrected chi connectivity index (χ4v) is 2.42. The number of nitrogens with zero attached hydrogens (tertiary/aromatic N) is 2. The summed E-state index contributed by atoms with van der Waals surface area (Å²) in [5.41, 5.74) is -0.615. The molecule has 0 bridgehead atoms. The summed E-state index contributed by atoms with van der Waals surface area (Å²) in [5, 5.41) is 4.55. The van der Waals surface area contributed by atoms with Crippen molar-refractivity contribution in [3.8, 4) is 0 Å². The van der Waals surface area contributed by atoms with E-state index in [4.69, 9.17) is 29.7 Å². The van der Waals surface area contributed by atoms with Crippen LogP contribution in [0.3, 0.4) is 0 Å². The smallest absolute Gasteiger partial charge is 0.417 e. The largest absolute Gasteiger partial charge is 0.444 e. The Morgan fingerprint density at radius 3 is 2.07 bits per heavy atom. The molecule has 4 N–H and O–H groups in total. The van der Waals surface area contributed by atoms with Gasteiger partial charge in [-0.1, -0.05) is 0 Å². The highest BCUT2D eigenvalue weighted by Crippen LogP contribution is 2.17. The van der Waals surface area contributed by atoms with E-state index in [0.29, 0.717) is 13.0 Å². The molecule has 3 atom stereocenters. The average molecular weight is 430 g/mol. The molecule has 2 unspecified atom stereocenters. The molecule has 1 rings (SSSR count). The fraction of sp³-hybridized carbons (Fsp3) is 0.667. The van der Waals surface area contributed by atoms with E-state index < -0.39 is 41.8 Å². The van der Waals surface area contributed by atoms with Gasteiger partial charge >= 0.3 is 18.3 Å². The molecule has 0 spiro atoms. The maximum Gasteiger partial charge on any atom is 0.417 e. The number of rotatable bonds is 5. The summed E-state index contributed by atoms with van der Waals surface area (Å²) in [7, 11) is 9.08. The van der Waals surface area contributed by atoms with Gasteiger partial charge < -0.3 is 28.7 Å². The predicted octanol–water partition coefficient (Wildman–Crippen LogP) is 0.167. The van der Waals surface area contributed by atoms with Crippen LogP contribution < -0.4 is 20.6 Å². The quantitative estimate of drug-likeness (QED) is 0.159. The number of amides is 3. The lowest BCUT2D eigenvalue weighted by molar-refractivity contribution is 0.0292. The standard InChI is InChI=1S/C12H22B2N6O6P2/c1-12(2,3)24-11(23)20-5-4-7(6-20)15-8(16-9(21)25-27-18-13)17-10(22)26-28-19-14/h7,18-19,27-28H,4-6H2,1-3H3,(H2,15,16,17,21,22)/t7-/m0/s1. The highest BCUT2D eigenvalue weighted by atomic mass is 31.1. The summed E-state index contributed by atoms with van der Waals surface area (Å²) in [6.07, 6.45) is -1.74. The summed E-state index contributed by atoms with van der Waals surface area (Å²) >= 11 is 0. The van der Waals surface area contributed by atoms with Crippen molar-refractivity contribution in [3.63, 3.8) is 0 Å². The lowest BCUT2D eigenvalue weighted by Gasteiger charge is -2.24. The molecule has 3 amide bonds. The maximum absolute atomic E-state index is 12.1. The van der Waals surface area contributed by atoms with E-state index in [2.05, 4.69) is 25.6 Å². The molecule has 152 valence electrons. The third-order valence-corrected chi connectivity index (χ3v) is 3.78. The Kier molecular flexibility index (Phi) is 10.5. The fourth-order valence-electron chi connectivity index (χ4n) is 2.01. The summed E-state index contributed by atoms with van der Waals surface area (Å²) in [5.74, 6) is -0.199. The number of carbonyl (C=O) groups is 3. The van der Waals surface area contributed by atoms with Crippen molar-refractivity contribution in [2.45, 2.75) is 38.8 Å². The number of hydrogen-bond acceptors (Lipinski definition) is 9. The highest BCUT2D eigenvalue weighted by Gasteiger charge is 2.30. The number of nitrogens with one attached hydrogen (secondary N) is 4. The zero-order valence-electron chi connectivity index (χ0n) is 15.7. The van der Waals surface area contributed by atoms with Gasteiger partial charge in [-0.05, 0) is 27.2 Å². The van der Waals surface area contributed by atoms with Crippen LogP contribution in [-0.2, 0) is 13.8 Å². The first-order valence-corrected chi connectivity index (χ1v) is 9.89. The van der Waals surface area contributed by atoms with Crippen molar-refractivity contribution in [2.75, 3.05) is 13.1 Å². The molecular formula is C12H22B2N6O6P2. The van der Waals surface area contributed by atoms with Gasteiger partial charge in [0.25, 0.3) is 0 Å². The Morgan fingerprint density at radius 1 is 1.07 bits per heavy atom. The van der Waals surface area contributed by atoms with E-state index >= 15 is 0 Å². The second-order valence-electron chi connectivity index (χ2n) is 6.37. The summed E-state index contributed by atoms with van der Waals surface area (Å²) < 4.78 is 14.7. The van der Waals surface area contributed by atoms with Gasteiger partial charge in [-0.2, -0.15) is 0 Å². The molecule has 1 fully saturated rings. The third kappa shape index (κ3) is 10.1. The summed E-state index contributed by atoms with van der Waals surface area (Å²) in [6.45, 7) is 5.99. The minimum absolute atomic E-state index is 0.199. The van der Waals surface area contributed by atoms with E-state index in [-0.39, 0.29) is 18.5 Å². The molecule has 1 heterocycles. The SMILES string of the molecule is [B]NPOC(=O)NC(=N[C@H]1CCN(C(=O)OC(C)(C)C)C1)NC(=O)OPN[B]. The van der Waals surface area contributed by atoms with E-state index in [1.165, 1.54) is 4.90 Å². The number of guanidine groups is 1. The van der Waals surface area contributed by atoms with Crippen molar-refractivity contribution in [2.24, 2.45) is 4.99 Å².